The fourth-order valence-corrected chi connectivity index (χ4v) is 1.05. The highest BCUT2D eigenvalue weighted by Gasteiger charge is 1.90. The lowest BCUT2D eigenvalue weighted by atomic mass is 10.6. The summed E-state index contributed by atoms with van der Waals surface area (Å²) in [7, 11) is 1.92. The zero-order valence-corrected chi connectivity index (χ0v) is 10.6. The van der Waals surface area contributed by atoms with Crippen molar-refractivity contribution in [3.8, 4) is 0 Å². The predicted octanol–water partition coefficient (Wildman–Crippen LogP) is -0.135. The number of hydrogen-bond acceptors (Lipinski definition) is 5. The van der Waals surface area contributed by atoms with Gasteiger partial charge in [-0.2, -0.15) is 0 Å². The first-order valence-corrected chi connectivity index (χ1v) is 6.00. The molecule has 5 heteroatoms. The number of ether oxygens (including phenoxy) is 3. The average molecular weight is 234 g/mol. The second kappa shape index (κ2) is 14.8. The zero-order chi connectivity index (χ0) is 11.9. The van der Waals surface area contributed by atoms with E-state index in [4.69, 9.17) is 14.2 Å². The van der Waals surface area contributed by atoms with Gasteiger partial charge in [0.1, 0.15) is 0 Å². The Hall–Kier alpha value is -0.200. The van der Waals surface area contributed by atoms with Crippen LogP contribution in [0, 0.1) is 0 Å². The Kier molecular flexibility index (Phi) is 14.6. The summed E-state index contributed by atoms with van der Waals surface area (Å²) in [5, 5.41) is 6.27. The minimum atomic E-state index is 0.675. The van der Waals surface area contributed by atoms with Crippen LogP contribution in [0.1, 0.15) is 6.92 Å². The minimum absolute atomic E-state index is 0.675. The van der Waals surface area contributed by atoms with Crippen molar-refractivity contribution < 1.29 is 14.2 Å². The minimum Gasteiger partial charge on any atom is -0.379 e. The lowest BCUT2D eigenvalue weighted by molar-refractivity contribution is 0.0532. The van der Waals surface area contributed by atoms with Gasteiger partial charge in [-0.1, -0.05) is 0 Å². The predicted molar refractivity (Wildman–Crippen MR) is 64.9 cm³/mol. The quantitative estimate of drug-likeness (QED) is 0.435. The van der Waals surface area contributed by atoms with Crippen molar-refractivity contribution in [2.45, 2.75) is 6.92 Å². The monoisotopic (exact) mass is 234 g/mol. The highest BCUT2D eigenvalue weighted by Crippen LogP contribution is 1.77. The summed E-state index contributed by atoms with van der Waals surface area (Å²) in [5.41, 5.74) is 0. The van der Waals surface area contributed by atoms with Gasteiger partial charge >= 0.3 is 0 Å². The zero-order valence-electron chi connectivity index (χ0n) is 10.6. The normalized spacial score (nSPS) is 10.9. The third-order valence-electron chi connectivity index (χ3n) is 1.92. The molecule has 0 rings (SSSR count). The molecule has 0 saturated heterocycles. The van der Waals surface area contributed by atoms with Gasteiger partial charge in [0.25, 0.3) is 0 Å². The molecule has 0 aromatic rings. The molecule has 0 spiro atoms. The fourth-order valence-electron chi connectivity index (χ4n) is 1.05. The van der Waals surface area contributed by atoms with Crippen LogP contribution in [0.4, 0.5) is 0 Å². The molecule has 0 aromatic carbocycles. The van der Waals surface area contributed by atoms with E-state index >= 15 is 0 Å². The molecular weight excluding hydrogens is 208 g/mol. The molecule has 0 saturated carbocycles. The van der Waals surface area contributed by atoms with Crippen LogP contribution < -0.4 is 10.6 Å². The summed E-state index contributed by atoms with van der Waals surface area (Å²) in [6.45, 7) is 8.98. The van der Waals surface area contributed by atoms with Crippen LogP contribution in [0.15, 0.2) is 0 Å². The SMILES string of the molecule is CCOCCOCCNCCOCCNC. The highest BCUT2D eigenvalue weighted by molar-refractivity contribution is 4.45. The molecule has 0 aliphatic heterocycles. The molecule has 0 atom stereocenters. The number of hydrogen-bond donors (Lipinski definition) is 2. The highest BCUT2D eigenvalue weighted by atomic mass is 16.5. The van der Waals surface area contributed by atoms with Crippen LogP contribution in [0.2, 0.25) is 0 Å². The van der Waals surface area contributed by atoms with E-state index in [-0.39, 0.29) is 0 Å². The van der Waals surface area contributed by atoms with E-state index in [1.54, 1.807) is 0 Å². The van der Waals surface area contributed by atoms with Gasteiger partial charge in [-0.3, -0.25) is 0 Å². The smallest absolute Gasteiger partial charge is 0.0701 e. The van der Waals surface area contributed by atoms with Gasteiger partial charge in [0, 0.05) is 26.2 Å². The van der Waals surface area contributed by atoms with E-state index in [2.05, 4.69) is 10.6 Å². The van der Waals surface area contributed by atoms with Crippen molar-refractivity contribution in [1.82, 2.24) is 10.6 Å². The van der Waals surface area contributed by atoms with E-state index in [9.17, 15) is 0 Å². The standard InChI is InChI=1S/C11H26N2O3/c1-3-14-10-11-16-9-6-13-5-8-15-7-4-12-2/h12-13H,3-11H2,1-2H3. The number of likely N-dealkylation sites (N-methyl/N-ethyl adjacent to an activating group) is 1. The van der Waals surface area contributed by atoms with Crippen LogP contribution in [0.5, 0.6) is 0 Å². The second-order valence-electron chi connectivity index (χ2n) is 3.28. The lowest BCUT2D eigenvalue weighted by Crippen LogP contribution is -2.25. The Morgan fingerprint density at radius 1 is 0.750 bits per heavy atom. The van der Waals surface area contributed by atoms with Crippen molar-refractivity contribution in [3.05, 3.63) is 0 Å². The van der Waals surface area contributed by atoms with Crippen molar-refractivity contribution in [2.24, 2.45) is 0 Å². The molecule has 0 radical (unpaired) electrons. The largest absolute Gasteiger partial charge is 0.379 e. The Morgan fingerprint density at radius 3 is 1.94 bits per heavy atom. The first-order chi connectivity index (χ1) is 7.91. The molecule has 0 aliphatic carbocycles. The topological polar surface area (TPSA) is 51.8 Å². The molecule has 0 amide bonds. The third-order valence-corrected chi connectivity index (χ3v) is 1.92. The van der Waals surface area contributed by atoms with Gasteiger partial charge in [-0.05, 0) is 14.0 Å². The Bertz CT molecular complexity index is 112. The second-order valence-corrected chi connectivity index (χ2v) is 3.28. The van der Waals surface area contributed by atoms with E-state index in [1.165, 1.54) is 0 Å². The van der Waals surface area contributed by atoms with Gasteiger partial charge in [-0.25, -0.2) is 0 Å². The first-order valence-electron chi connectivity index (χ1n) is 6.00. The maximum atomic E-state index is 5.35. The molecule has 0 heterocycles. The molecule has 16 heavy (non-hydrogen) atoms. The van der Waals surface area contributed by atoms with Crippen molar-refractivity contribution in [1.29, 1.82) is 0 Å². The molecule has 0 unspecified atom stereocenters. The van der Waals surface area contributed by atoms with Crippen LogP contribution >= 0.6 is 0 Å². The van der Waals surface area contributed by atoms with E-state index in [0.717, 1.165) is 46.1 Å². The lowest BCUT2D eigenvalue weighted by Gasteiger charge is -2.07. The van der Waals surface area contributed by atoms with Crippen LogP contribution in [-0.4, -0.2) is 66.3 Å². The summed E-state index contributed by atoms with van der Waals surface area (Å²) in [4.78, 5) is 0. The first kappa shape index (κ1) is 15.8. The van der Waals surface area contributed by atoms with Crippen LogP contribution in [-0.2, 0) is 14.2 Å². The van der Waals surface area contributed by atoms with Gasteiger partial charge in [0.2, 0.25) is 0 Å². The van der Waals surface area contributed by atoms with Gasteiger partial charge < -0.3 is 24.8 Å². The molecule has 0 fully saturated rings. The maximum Gasteiger partial charge on any atom is 0.0701 e. The van der Waals surface area contributed by atoms with Gasteiger partial charge in [0.05, 0.1) is 33.0 Å². The summed E-state index contributed by atoms with van der Waals surface area (Å²) in [5.74, 6) is 0. The third kappa shape index (κ3) is 13.8. The van der Waals surface area contributed by atoms with Crippen LogP contribution in [0.3, 0.4) is 0 Å². The van der Waals surface area contributed by atoms with E-state index in [0.29, 0.717) is 13.2 Å². The molecule has 98 valence electrons. The summed E-state index contributed by atoms with van der Waals surface area (Å²) < 4.78 is 15.8. The molecule has 0 bridgehead atoms. The van der Waals surface area contributed by atoms with E-state index < -0.39 is 0 Å². The maximum absolute atomic E-state index is 5.35. The van der Waals surface area contributed by atoms with Gasteiger partial charge in [0.15, 0.2) is 0 Å². The summed E-state index contributed by atoms with van der Waals surface area (Å²) in [6.07, 6.45) is 0. The fraction of sp³-hybridized carbons (Fsp3) is 1.00. The molecule has 2 N–H and O–H groups in total. The molecule has 5 nitrogen and oxygen atoms in total. The summed E-state index contributed by atoms with van der Waals surface area (Å²) >= 11 is 0. The average Bonchev–Trinajstić information content (AvgIpc) is 2.31. The molecule has 0 aromatic heterocycles. The number of rotatable bonds is 13. The van der Waals surface area contributed by atoms with Crippen molar-refractivity contribution in [3.63, 3.8) is 0 Å². The molecule has 0 aliphatic rings. The van der Waals surface area contributed by atoms with Gasteiger partial charge in [-0.15, -0.1) is 0 Å². The summed E-state index contributed by atoms with van der Waals surface area (Å²) in [6, 6.07) is 0. The van der Waals surface area contributed by atoms with Crippen molar-refractivity contribution >= 4 is 0 Å². The Balaban J connectivity index is 2.83. The van der Waals surface area contributed by atoms with E-state index in [1.807, 2.05) is 14.0 Å². The van der Waals surface area contributed by atoms with Crippen LogP contribution in [0.25, 0.3) is 0 Å². The Labute approximate surface area is 98.8 Å². The Morgan fingerprint density at radius 2 is 1.31 bits per heavy atom. The molecular formula is C11H26N2O3. The van der Waals surface area contributed by atoms with Crippen molar-refractivity contribution in [2.75, 3.05) is 66.3 Å². The number of nitrogens with one attached hydrogen (secondary N) is 2.